The van der Waals surface area contributed by atoms with E-state index in [-0.39, 0.29) is 5.97 Å². The number of fused-ring (bicyclic) bond motifs is 1. The summed E-state index contributed by atoms with van der Waals surface area (Å²) in [4.78, 5) is 11.9. The lowest BCUT2D eigenvalue weighted by molar-refractivity contribution is 0.0517. The molecule has 19 heavy (non-hydrogen) atoms. The average molecular weight is 259 g/mol. The molecule has 2 rings (SSSR count). The fraction of sp³-hybridized carbons (Fsp3) is 0.500. The van der Waals surface area contributed by atoms with Crippen LogP contribution in [0.5, 0.6) is 0 Å². The number of aromatic nitrogens is 2. The fourth-order valence-corrected chi connectivity index (χ4v) is 2.41. The molecule has 0 fully saturated rings. The van der Waals surface area contributed by atoms with Gasteiger partial charge in [-0.2, -0.15) is 10.4 Å². The summed E-state index contributed by atoms with van der Waals surface area (Å²) in [7, 11) is 0. The molecule has 1 aliphatic rings. The van der Waals surface area contributed by atoms with Crippen molar-refractivity contribution < 1.29 is 9.53 Å². The Morgan fingerprint density at radius 3 is 3.05 bits per heavy atom. The van der Waals surface area contributed by atoms with Gasteiger partial charge in [-0.25, -0.2) is 4.79 Å². The first-order valence-corrected chi connectivity index (χ1v) is 6.51. The molecule has 0 bridgehead atoms. The molecule has 1 aromatic rings. The minimum absolute atomic E-state index is 0.333. The maximum Gasteiger partial charge on any atom is 0.359 e. The van der Waals surface area contributed by atoms with Crippen molar-refractivity contribution in [3.8, 4) is 6.07 Å². The zero-order valence-corrected chi connectivity index (χ0v) is 11.1. The Kier molecular flexibility index (Phi) is 4.00. The number of hydrogen-bond acceptors (Lipinski definition) is 4. The summed E-state index contributed by atoms with van der Waals surface area (Å²) in [6.07, 6.45) is 3.06. The Balaban J connectivity index is 2.43. The lowest BCUT2D eigenvalue weighted by Crippen LogP contribution is -2.09. The number of rotatable bonds is 4. The highest BCUT2D eigenvalue weighted by molar-refractivity contribution is 5.91. The van der Waals surface area contributed by atoms with Crippen molar-refractivity contribution in [2.75, 3.05) is 6.61 Å². The van der Waals surface area contributed by atoms with Crippen LogP contribution in [0.25, 0.3) is 5.57 Å². The molecule has 1 aromatic heterocycles. The molecule has 0 spiro atoms. The monoisotopic (exact) mass is 259 g/mol. The van der Waals surface area contributed by atoms with Crippen molar-refractivity contribution in [3.05, 3.63) is 23.5 Å². The quantitative estimate of drug-likeness (QED) is 0.778. The molecule has 0 aliphatic heterocycles. The van der Waals surface area contributed by atoms with Gasteiger partial charge in [0.15, 0.2) is 5.69 Å². The van der Waals surface area contributed by atoms with Crippen molar-refractivity contribution >= 4 is 11.5 Å². The van der Waals surface area contributed by atoms with E-state index in [0.717, 1.165) is 36.1 Å². The second-order valence-electron chi connectivity index (χ2n) is 4.48. The highest BCUT2D eigenvalue weighted by Gasteiger charge is 2.27. The minimum atomic E-state index is -0.385. The van der Waals surface area contributed by atoms with Crippen LogP contribution in [0.15, 0.2) is 6.58 Å². The van der Waals surface area contributed by atoms with E-state index in [0.29, 0.717) is 25.3 Å². The molecule has 0 aromatic carbocycles. The van der Waals surface area contributed by atoms with E-state index >= 15 is 0 Å². The number of ether oxygens (including phenoxy) is 1. The van der Waals surface area contributed by atoms with Gasteiger partial charge in [0.05, 0.1) is 31.3 Å². The molecule has 0 radical (unpaired) electrons. The lowest BCUT2D eigenvalue weighted by Gasteiger charge is -2.16. The first-order chi connectivity index (χ1) is 9.19. The number of esters is 1. The minimum Gasteiger partial charge on any atom is -0.461 e. The van der Waals surface area contributed by atoms with Gasteiger partial charge >= 0.3 is 5.97 Å². The summed E-state index contributed by atoms with van der Waals surface area (Å²) in [5, 5.41) is 13.0. The van der Waals surface area contributed by atoms with Gasteiger partial charge < -0.3 is 4.74 Å². The second kappa shape index (κ2) is 5.70. The molecular weight excluding hydrogens is 242 g/mol. The standard InChI is InChI=1S/C14H17N3O2/c1-3-19-14(18)12-11-7-4-6-10(2)13(11)17(16-12)9-5-8-15/h2-7,9H2,1H3. The molecule has 0 atom stereocenters. The summed E-state index contributed by atoms with van der Waals surface area (Å²) in [6, 6.07) is 2.09. The van der Waals surface area contributed by atoms with Crippen LogP contribution in [0.3, 0.4) is 0 Å². The number of hydrogen-bond donors (Lipinski definition) is 0. The Bertz CT molecular complexity index is 552. The molecule has 0 saturated heterocycles. The van der Waals surface area contributed by atoms with Crippen molar-refractivity contribution in [1.82, 2.24) is 9.78 Å². The molecule has 0 amide bonds. The van der Waals surface area contributed by atoms with E-state index in [1.807, 2.05) is 0 Å². The Hall–Kier alpha value is -2.09. The van der Waals surface area contributed by atoms with E-state index in [9.17, 15) is 4.79 Å². The highest BCUT2D eigenvalue weighted by Crippen LogP contribution is 2.32. The summed E-state index contributed by atoms with van der Waals surface area (Å²) >= 11 is 0. The third kappa shape index (κ3) is 2.53. The number of aryl methyl sites for hydroxylation is 1. The average Bonchev–Trinajstić information content (AvgIpc) is 2.77. The van der Waals surface area contributed by atoms with Gasteiger partial charge in [-0.1, -0.05) is 6.58 Å². The number of nitrogens with zero attached hydrogens (tertiary/aromatic N) is 3. The number of allylic oxidation sites excluding steroid dienone is 1. The predicted octanol–water partition coefficient (Wildman–Crippen LogP) is 2.32. The first kappa shape index (κ1) is 13.3. The van der Waals surface area contributed by atoms with E-state index in [1.165, 1.54) is 0 Å². The number of carbonyl (C=O) groups is 1. The largest absolute Gasteiger partial charge is 0.461 e. The predicted molar refractivity (Wildman–Crippen MR) is 70.4 cm³/mol. The van der Waals surface area contributed by atoms with Gasteiger partial charge in [-0.15, -0.1) is 0 Å². The summed E-state index contributed by atoms with van der Waals surface area (Å²) in [5.41, 5.74) is 3.22. The summed E-state index contributed by atoms with van der Waals surface area (Å²) in [6.45, 7) is 6.64. The van der Waals surface area contributed by atoms with E-state index < -0.39 is 0 Å². The number of nitriles is 1. The molecular formula is C14H17N3O2. The first-order valence-electron chi connectivity index (χ1n) is 6.51. The van der Waals surface area contributed by atoms with Crippen molar-refractivity contribution in [3.63, 3.8) is 0 Å². The van der Waals surface area contributed by atoms with Crippen LogP contribution < -0.4 is 0 Å². The molecule has 0 saturated carbocycles. The Morgan fingerprint density at radius 2 is 2.37 bits per heavy atom. The van der Waals surface area contributed by atoms with Crippen LogP contribution in [0.4, 0.5) is 0 Å². The van der Waals surface area contributed by atoms with Crippen molar-refractivity contribution in [2.24, 2.45) is 0 Å². The SMILES string of the molecule is C=C1CCCc2c(C(=O)OCC)nn(CCC#N)c21. The smallest absolute Gasteiger partial charge is 0.359 e. The van der Waals surface area contributed by atoms with E-state index in [1.54, 1.807) is 11.6 Å². The van der Waals surface area contributed by atoms with Crippen LogP contribution in [-0.2, 0) is 17.7 Å². The lowest BCUT2D eigenvalue weighted by atomic mass is 9.92. The third-order valence-corrected chi connectivity index (χ3v) is 3.19. The van der Waals surface area contributed by atoms with Gasteiger partial charge in [0, 0.05) is 5.56 Å². The van der Waals surface area contributed by atoms with Gasteiger partial charge in [-0.3, -0.25) is 4.68 Å². The Morgan fingerprint density at radius 1 is 1.58 bits per heavy atom. The van der Waals surface area contributed by atoms with Crippen LogP contribution in [0.2, 0.25) is 0 Å². The molecule has 5 heteroatoms. The van der Waals surface area contributed by atoms with Crippen LogP contribution in [0.1, 0.15) is 47.9 Å². The maximum atomic E-state index is 11.9. The fourth-order valence-electron chi connectivity index (χ4n) is 2.41. The van der Waals surface area contributed by atoms with Crippen LogP contribution >= 0.6 is 0 Å². The summed E-state index contributed by atoms with van der Waals surface area (Å²) in [5.74, 6) is -0.385. The zero-order chi connectivity index (χ0) is 13.8. The number of carbonyl (C=O) groups excluding carboxylic acids is 1. The summed E-state index contributed by atoms with van der Waals surface area (Å²) < 4.78 is 6.77. The van der Waals surface area contributed by atoms with Crippen LogP contribution in [-0.4, -0.2) is 22.4 Å². The van der Waals surface area contributed by atoms with Gasteiger partial charge in [0.2, 0.25) is 0 Å². The highest BCUT2D eigenvalue weighted by atomic mass is 16.5. The third-order valence-electron chi connectivity index (χ3n) is 3.19. The molecule has 1 heterocycles. The topological polar surface area (TPSA) is 67.9 Å². The maximum absolute atomic E-state index is 11.9. The van der Waals surface area contributed by atoms with E-state index in [4.69, 9.17) is 10.00 Å². The Labute approximate surface area is 112 Å². The van der Waals surface area contributed by atoms with Gasteiger partial charge in [0.1, 0.15) is 0 Å². The van der Waals surface area contributed by atoms with E-state index in [2.05, 4.69) is 17.7 Å². The molecule has 5 nitrogen and oxygen atoms in total. The van der Waals surface area contributed by atoms with Gasteiger partial charge in [-0.05, 0) is 31.8 Å². The second-order valence-corrected chi connectivity index (χ2v) is 4.48. The molecule has 1 aliphatic carbocycles. The molecule has 0 N–H and O–H groups in total. The molecule has 100 valence electrons. The van der Waals surface area contributed by atoms with Gasteiger partial charge in [0.25, 0.3) is 0 Å². The van der Waals surface area contributed by atoms with Crippen molar-refractivity contribution in [1.29, 1.82) is 5.26 Å². The normalized spacial score (nSPS) is 13.8. The zero-order valence-electron chi connectivity index (χ0n) is 11.1. The van der Waals surface area contributed by atoms with Crippen molar-refractivity contribution in [2.45, 2.75) is 39.2 Å². The molecule has 0 unspecified atom stereocenters. The van der Waals surface area contributed by atoms with Crippen LogP contribution in [0, 0.1) is 11.3 Å².